The fourth-order valence-electron chi connectivity index (χ4n) is 3.21. The van der Waals surface area contributed by atoms with Gasteiger partial charge in [0.05, 0.1) is 17.6 Å². The summed E-state index contributed by atoms with van der Waals surface area (Å²) in [7, 11) is 0. The van der Waals surface area contributed by atoms with E-state index < -0.39 is 5.41 Å². The summed E-state index contributed by atoms with van der Waals surface area (Å²) in [6, 6.07) is 10.5. The van der Waals surface area contributed by atoms with Gasteiger partial charge >= 0.3 is 5.97 Å². The highest BCUT2D eigenvalue weighted by molar-refractivity contribution is 6.07. The van der Waals surface area contributed by atoms with Crippen molar-refractivity contribution in [1.29, 1.82) is 0 Å². The van der Waals surface area contributed by atoms with Crippen molar-refractivity contribution in [2.45, 2.75) is 86.9 Å². The number of carbonyl (C=O) groups is 2. The van der Waals surface area contributed by atoms with E-state index in [1.54, 1.807) is 51.1 Å². The molecule has 0 radical (unpaired) electrons. The molecule has 0 aromatic heterocycles. The standard InChI is InChI=1S/C30H40O5/c1-19(2)33-26-18-27(34-20(3)4)24(29(5,6)7)17-22(26)13-16-25(31)21-11-14-23(15-12-21)35-28(32)30(8,9)10/h11-20H,1-10H3. The molecule has 0 fully saturated rings. The summed E-state index contributed by atoms with van der Waals surface area (Å²) >= 11 is 0. The van der Waals surface area contributed by atoms with Crippen molar-refractivity contribution < 1.29 is 23.8 Å². The van der Waals surface area contributed by atoms with Crippen LogP contribution in [0, 0.1) is 5.41 Å². The smallest absolute Gasteiger partial charge is 0.316 e. The lowest BCUT2D eigenvalue weighted by atomic mass is 9.85. The number of hydrogen-bond donors (Lipinski definition) is 0. The molecule has 2 aromatic rings. The molecular weight excluding hydrogens is 440 g/mol. The topological polar surface area (TPSA) is 61.8 Å². The van der Waals surface area contributed by atoms with Gasteiger partial charge in [-0.15, -0.1) is 0 Å². The Bertz CT molecular complexity index is 1060. The molecule has 0 unspecified atom stereocenters. The molecule has 190 valence electrons. The summed E-state index contributed by atoms with van der Waals surface area (Å²) in [5.41, 5.74) is 1.59. The van der Waals surface area contributed by atoms with Gasteiger partial charge in [-0.3, -0.25) is 9.59 Å². The molecule has 0 atom stereocenters. The number of rotatable bonds is 8. The SMILES string of the molecule is CC(C)Oc1cc(OC(C)C)c(C(C)(C)C)cc1C=CC(=O)c1ccc(OC(=O)C(C)(C)C)cc1. The van der Waals surface area contributed by atoms with Crippen LogP contribution in [0.2, 0.25) is 0 Å². The van der Waals surface area contributed by atoms with Crippen LogP contribution in [0.15, 0.2) is 42.5 Å². The number of ketones is 1. The van der Waals surface area contributed by atoms with E-state index in [0.717, 1.165) is 16.9 Å². The molecule has 0 aliphatic carbocycles. The summed E-state index contributed by atoms with van der Waals surface area (Å²) in [4.78, 5) is 25.0. The van der Waals surface area contributed by atoms with E-state index in [0.29, 0.717) is 17.1 Å². The maximum absolute atomic E-state index is 12.9. The quantitative estimate of drug-likeness (QED) is 0.170. The van der Waals surface area contributed by atoms with Crippen LogP contribution in [0.25, 0.3) is 6.08 Å². The third-order valence-electron chi connectivity index (χ3n) is 5.02. The zero-order valence-corrected chi connectivity index (χ0v) is 22.8. The normalized spacial score (nSPS) is 12.3. The van der Waals surface area contributed by atoms with Crippen LogP contribution in [0.5, 0.6) is 17.2 Å². The summed E-state index contributed by atoms with van der Waals surface area (Å²) in [5.74, 6) is 1.38. The lowest BCUT2D eigenvalue weighted by Gasteiger charge is -2.26. The molecule has 35 heavy (non-hydrogen) atoms. The second-order valence-electron chi connectivity index (χ2n) is 11.3. The van der Waals surface area contributed by atoms with Gasteiger partial charge in [-0.2, -0.15) is 0 Å². The fourth-order valence-corrected chi connectivity index (χ4v) is 3.21. The molecule has 0 amide bonds. The molecule has 0 spiro atoms. The van der Waals surface area contributed by atoms with E-state index >= 15 is 0 Å². The Kier molecular flexibility index (Phi) is 8.94. The molecule has 0 saturated carbocycles. The van der Waals surface area contributed by atoms with Crippen LogP contribution in [-0.2, 0) is 10.2 Å². The van der Waals surface area contributed by atoms with Gasteiger partial charge in [0, 0.05) is 22.8 Å². The largest absolute Gasteiger partial charge is 0.491 e. The number of esters is 1. The van der Waals surface area contributed by atoms with Gasteiger partial charge in [-0.1, -0.05) is 20.8 Å². The lowest BCUT2D eigenvalue weighted by Crippen LogP contribution is -2.25. The molecule has 0 bridgehead atoms. The summed E-state index contributed by atoms with van der Waals surface area (Å²) in [6.07, 6.45) is 3.31. The highest BCUT2D eigenvalue weighted by atomic mass is 16.5. The first kappa shape index (κ1) is 28.2. The van der Waals surface area contributed by atoms with Gasteiger partial charge in [0.15, 0.2) is 5.78 Å². The zero-order chi connectivity index (χ0) is 26.6. The molecule has 0 N–H and O–H groups in total. The van der Waals surface area contributed by atoms with Gasteiger partial charge in [0.2, 0.25) is 0 Å². The van der Waals surface area contributed by atoms with Gasteiger partial charge in [-0.05, 0) is 96.4 Å². The van der Waals surface area contributed by atoms with Crippen molar-refractivity contribution in [2.24, 2.45) is 5.41 Å². The van der Waals surface area contributed by atoms with E-state index in [2.05, 4.69) is 20.8 Å². The minimum absolute atomic E-state index is 0.0246. The Morgan fingerprint density at radius 2 is 1.34 bits per heavy atom. The fraction of sp³-hybridized carbons (Fsp3) is 0.467. The third kappa shape index (κ3) is 8.27. The molecule has 0 aliphatic heterocycles. The van der Waals surface area contributed by atoms with Gasteiger partial charge < -0.3 is 14.2 Å². The van der Waals surface area contributed by atoms with Gasteiger partial charge in [-0.25, -0.2) is 0 Å². The number of allylic oxidation sites excluding steroid dienone is 1. The van der Waals surface area contributed by atoms with Crippen LogP contribution < -0.4 is 14.2 Å². The maximum Gasteiger partial charge on any atom is 0.316 e. The first-order valence-corrected chi connectivity index (χ1v) is 12.1. The van der Waals surface area contributed by atoms with Crippen molar-refractivity contribution in [2.75, 3.05) is 0 Å². The van der Waals surface area contributed by atoms with E-state index in [9.17, 15) is 9.59 Å². The molecule has 5 nitrogen and oxygen atoms in total. The molecule has 2 aromatic carbocycles. The van der Waals surface area contributed by atoms with Crippen LogP contribution in [0.3, 0.4) is 0 Å². The second-order valence-corrected chi connectivity index (χ2v) is 11.3. The van der Waals surface area contributed by atoms with Crippen molar-refractivity contribution >= 4 is 17.8 Å². The number of benzene rings is 2. The van der Waals surface area contributed by atoms with Crippen molar-refractivity contribution in [3.05, 3.63) is 59.2 Å². The highest BCUT2D eigenvalue weighted by Crippen LogP contribution is 2.38. The van der Waals surface area contributed by atoms with Crippen molar-refractivity contribution in [3.8, 4) is 17.2 Å². The van der Waals surface area contributed by atoms with Crippen LogP contribution in [0.4, 0.5) is 0 Å². The first-order chi connectivity index (χ1) is 16.1. The Balaban J connectivity index is 2.36. The number of hydrogen-bond acceptors (Lipinski definition) is 5. The van der Waals surface area contributed by atoms with E-state index in [1.807, 2.05) is 39.8 Å². The molecule has 0 saturated heterocycles. The average molecular weight is 481 g/mol. The van der Waals surface area contributed by atoms with Crippen LogP contribution in [0.1, 0.15) is 90.7 Å². The minimum Gasteiger partial charge on any atom is -0.491 e. The number of carbonyl (C=O) groups excluding carboxylic acids is 2. The maximum atomic E-state index is 12.9. The third-order valence-corrected chi connectivity index (χ3v) is 5.02. The van der Waals surface area contributed by atoms with E-state index in [4.69, 9.17) is 14.2 Å². The molecular formula is C30H40O5. The predicted molar refractivity (Wildman–Crippen MR) is 142 cm³/mol. The monoisotopic (exact) mass is 480 g/mol. The zero-order valence-electron chi connectivity index (χ0n) is 22.8. The van der Waals surface area contributed by atoms with Crippen LogP contribution >= 0.6 is 0 Å². The average Bonchev–Trinajstić information content (AvgIpc) is 2.71. The van der Waals surface area contributed by atoms with Crippen molar-refractivity contribution in [1.82, 2.24) is 0 Å². The highest BCUT2D eigenvalue weighted by Gasteiger charge is 2.24. The summed E-state index contributed by atoms with van der Waals surface area (Å²) < 4.78 is 17.5. The minimum atomic E-state index is -0.603. The lowest BCUT2D eigenvalue weighted by molar-refractivity contribution is -0.143. The summed E-state index contributed by atoms with van der Waals surface area (Å²) in [5, 5.41) is 0. The molecule has 2 rings (SSSR count). The van der Waals surface area contributed by atoms with E-state index in [-0.39, 0.29) is 29.4 Å². The molecule has 0 heterocycles. The van der Waals surface area contributed by atoms with Crippen LogP contribution in [-0.4, -0.2) is 24.0 Å². The Hall–Kier alpha value is -3.08. The Labute approximate surface area is 210 Å². The summed E-state index contributed by atoms with van der Waals surface area (Å²) in [6.45, 7) is 19.7. The first-order valence-electron chi connectivity index (χ1n) is 12.1. The Morgan fingerprint density at radius 3 is 1.83 bits per heavy atom. The predicted octanol–water partition coefficient (Wildman–Crippen LogP) is 7.41. The van der Waals surface area contributed by atoms with Crippen molar-refractivity contribution in [3.63, 3.8) is 0 Å². The molecule has 0 aliphatic rings. The second kappa shape index (κ2) is 11.1. The number of ether oxygens (including phenoxy) is 3. The van der Waals surface area contributed by atoms with E-state index in [1.165, 1.54) is 6.08 Å². The van der Waals surface area contributed by atoms with Gasteiger partial charge in [0.25, 0.3) is 0 Å². The molecule has 5 heteroatoms. The Morgan fingerprint density at radius 1 is 0.800 bits per heavy atom. The van der Waals surface area contributed by atoms with Gasteiger partial charge in [0.1, 0.15) is 17.2 Å².